The number of thiazole rings is 1. The van der Waals surface area contributed by atoms with Crippen LogP contribution in [0.25, 0.3) is 0 Å². The van der Waals surface area contributed by atoms with Crippen molar-refractivity contribution in [1.82, 2.24) is 4.57 Å². The van der Waals surface area contributed by atoms with Crippen LogP contribution in [0.1, 0.15) is 48.3 Å². The summed E-state index contributed by atoms with van der Waals surface area (Å²) in [5.74, 6) is -3.06. The number of hydrogen-bond donors (Lipinski definition) is 1. The zero-order valence-corrected chi connectivity index (χ0v) is 27.1. The number of hydrogen-bond acceptors (Lipinski definition) is 6. The number of rotatable bonds is 5. The summed E-state index contributed by atoms with van der Waals surface area (Å²) >= 11 is 8.00. The fraction of sp³-hybridized carbons (Fsp3) is 0.273. The van der Waals surface area contributed by atoms with E-state index in [0.717, 1.165) is 51.3 Å². The maximum absolute atomic E-state index is 14.1. The van der Waals surface area contributed by atoms with Crippen molar-refractivity contribution in [2.75, 3.05) is 10.2 Å². The minimum atomic E-state index is -4.59. The number of nitrogens with one attached hydrogen (secondary N) is 1. The lowest BCUT2D eigenvalue weighted by Gasteiger charge is -2.31. The van der Waals surface area contributed by atoms with E-state index in [9.17, 15) is 32.3 Å². The molecule has 3 aromatic carbocycles. The number of carbonyl (C=O) groups excluding carboxylic acids is 3. The molecule has 1 N–H and O–H groups in total. The van der Waals surface area contributed by atoms with E-state index in [4.69, 9.17) is 11.6 Å². The second-order valence-electron chi connectivity index (χ2n) is 12.2. The van der Waals surface area contributed by atoms with Crippen LogP contribution in [0.4, 0.5) is 24.5 Å². The molecular formula is C33H27ClF3N3O4S2. The predicted octanol–water partition coefficient (Wildman–Crippen LogP) is 7.31. The van der Waals surface area contributed by atoms with E-state index >= 15 is 0 Å². The minimum absolute atomic E-state index is 0.0725. The standard InChI is InChI=1S/C33H27ClF3N3O4S2/c1-32(2,3)18-9-7-17(8-10-18)24-25-26(29(43)40(28(25)42)22-13-11-20(34)12-14-22)45-30-27(24)46-31(44)39(30)16-23(41)38-21-6-4-5-19(15-21)33(35,36)37/h4-15,24-26H,16H2,1-3H3,(H,38,41). The molecule has 3 amide bonds. The van der Waals surface area contributed by atoms with Crippen molar-refractivity contribution in [3.8, 4) is 0 Å². The molecule has 13 heteroatoms. The van der Waals surface area contributed by atoms with Gasteiger partial charge in [-0.15, -0.1) is 0 Å². The number of fused-ring (bicyclic) bond motifs is 2. The van der Waals surface area contributed by atoms with Crippen LogP contribution < -0.4 is 15.1 Å². The first kappa shape index (κ1) is 32.1. The fourth-order valence-corrected chi connectivity index (χ4v) is 8.67. The molecule has 3 unspecified atom stereocenters. The summed E-state index contributed by atoms with van der Waals surface area (Å²) in [7, 11) is 0. The Hall–Kier alpha value is -3.87. The Bertz CT molecular complexity index is 1910. The molecule has 1 aromatic heterocycles. The van der Waals surface area contributed by atoms with Crippen LogP contribution in [0.3, 0.4) is 0 Å². The van der Waals surface area contributed by atoms with Gasteiger partial charge in [0.1, 0.15) is 11.8 Å². The molecule has 0 radical (unpaired) electrons. The summed E-state index contributed by atoms with van der Waals surface area (Å²) in [6.07, 6.45) is -4.59. The highest BCUT2D eigenvalue weighted by molar-refractivity contribution is 8.00. The molecule has 2 aliphatic heterocycles. The maximum atomic E-state index is 14.1. The van der Waals surface area contributed by atoms with E-state index in [0.29, 0.717) is 20.6 Å². The largest absolute Gasteiger partial charge is 0.416 e. The van der Waals surface area contributed by atoms with Crippen molar-refractivity contribution in [2.24, 2.45) is 5.92 Å². The van der Waals surface area contributed by atoms with Crippen molar-refractivity contribution >= 4 is 63.8 Å². The SMILES string of the molecule is CC(C)(C)c1ccc(C2c3sc(=O)n(CC(=O)Nc4cccc(C(F)(F)F)c4)c3SC3C(=O)N(c4ccc(Cl)cc4)C(=O)C32)cc1. The summed E-state index contributed by atoms with van der Waals surface area (Å²) < 4.78 is 40.8. The molecule has 4 aromatic rings. The molecule has 7 nitrogen and oxygen atoms in total. The van der Waals surface area contributed by atoms with Gasteiger partial charge in [0.15, 0.2) is 0 Å². The van der Waals surface area contributed by atoms with Gasteiger partial charge in [-0.2, -0.15) is 13.2 Å². The van der Waals surface area contributed by atoms with Gasteiger partial charge >= 0.3 is 11.0 Å². The highest BCUT2D eigenvalue weighted by atomic mass is 35.5. The molecule has 3 atom stereocenters. The summed E-state index contributed by atoms with van der Waals surface area (Å²) in [6, 6.07) is 18.3. The Balaban J connectivity index is 1.39. The van der Waals surface area contributed by atoms with Crippen molar-refractivity contribution in [1.29, 1.82) is 0 Å². The van der Waals surface area contributed by atoms with Gasteiger partial charge in [-0.3, -0.25) is 23.7 Å². The Labute approximate surface area is 275 Å². The minimum Gasteiger partial charge on any atom is -0.325 e. The number of amides is 3. The van der Waals surface area contributed by atoms with E-state index in [1.54, 1.807) is 24.3 Å². The van der Waals surface area contributed by atoms with Crippen LogP contribution in [0, 0.1) is 5.92 Å². The molecule has 0 spiro atoms. The highest BCUT2D eigenvalue weighted by Crippen LogP contribution is 2.54. The molecular weight excluding hydrogens is 659 g/mol. The molecule has 46 heavy (non-hydrogen) atoms. The normalized spacial score (nSPS) is 19.6. The molecule has 0 aliphatic carbocycles. The van der Waals surface area contributed by atoms with Gasteiger partial charge in [0.05, 0.1) is 22.2 Å². The maximum Gasteiger partial charge on any atom is 0.416 e. The quantitative estimate of drug-likeness (QED) is 0.223. The lowest BCUT2D eigenvalue weighted by Crippen LogP contribution is -2.33. The number of benzene rings is 3. The van der Waals surface area contributed by atoms with Crippen LogP contribution in [-0.4, -0.2) is 27.5 Å². The number of carbonyl (C=O) groups is 3. The van der Waals surface area contributed by atoms with Gasteiger partial charge in [0, 0.05) is 21.5 Å². The monoisotopic (exact) mass is 685 g/mol. The van der Waals surface area contributed by atoms with Crippen LogP contribution in [0.5, 0.6) is 0 Å². The molecule has 238 valence electrons. The van der Waals surface area contributed by atoms with Crippen molar-refractivity contribution in [3.63, 3.8) is 0 Å². The Kier molecular flexibility index (Phi) is 8.19. The van der Waals surface area contributed by atoms with Crippen LogP contribution in [0.2, 0.25) is 5.02 Å². The van der Waals surface area contributed by atoms with Gasteiger partial charge in [0.25, 0.3) is 0 Å². The van der Waals surface area contributed by atoms with Crippen LogP contribution >= 0.6 is 34.7 Å². The molecule has 1 fully saturated rings. The third-order valence-corrected chi connectivity index (χ3v) is 10.9. The zero-order valence-electron chi connectivity index (χ0n) is 24.7. The van der Waals surface area contributed by atoms with E-state index in [1.807, 2.05) is 24.3 Å². The Morgan fingerprint density at radius 1 is 0.913 bits per heavy atom. The second kappa shape index (κ2) is 11.7. The lowest BCUT2D eigenvalue weighted by atomic mass is 9.81. The summed E-state index contributed by atoms with van der Waals surface area (Å²) in [6.45, 7) is 5.73. The fourth-order valence-electron chi connectivity index (χ4n) is 5.77. The van der Waals surface area contributed by atoms with E-state index in [-0.39, 0.29) is 11.1 Å². The lowest BCUT2D eigenvalue weighted by molar-refractivity contribution is -0.137. The first-order valence-electron chi connectivity index (χ1n) is 14.2. The molecule has 0 saturated carbocycles. The van der Waals surface area contributed by atoms with Crippen LogP contribution in [0.15, 0.2) is 82.6 Å². The number of aromatic nitrogens is 1. The Morgan fingerprint density at radius 2 is 1.59 bits per heavy atom. The highest BCUT2D eigenvalue weighted by Gasteiger charge is 2.56. The molecule has 6 rings (SSSR count). The summed E-state index contributed by atoms with van der Waals surface area (Å²) in [5.41, 5.74) is 1.04. The summed E-state index contributed by atoms with van der Waals surface area (Å²) in [4.78, 5) is 55.6. The van der Waals surface area contributed by atoms with Gasteiger partial charge < -0.3 is 5.32 Å². The molecule has 2 aliphatic rings. The average Bonchev–Trinajstić information content (AvgIpc) is 3.43. The predicted molar refractivity (Wildman–Crippen MR) is 173 cm³/mol. The molecule has 0 bridgehead atoms. The van der Waals surface area contributed by atoms with Crippen LogP contribution in [-0.2, 0) is 32.5 Å². The number of thioether (sulfide) groups is 1. The third kappa shape index (κ3) is 5.89. The number of halogens is 4. The average molecular weight is 686 g/mol. The molecule has 1 saturated heterocycles. The van der Waals surface area contributed by atoms with E-state index in [1.165, 1.54) is 16.7 Å². The Morgan fingerprint density at radius 3 is 2.22 bits per heavy atom. The number of nitrogens with zero attached hydrogens (tertiary/aromatic N) is 2. The molecule has 3 heterocycles. The van der Waals surface area contributed by atoms with E-state index < -0.39 is 58.0 Å². The first-order valence-corrected chi connectivity index (χ1v) is 16.3. The summed E-state index contributed by atoms with van der Waals surface area (Å²) in [5, 5.41) is 2.37. The third-order valence-electron chi connectivity index (χ3n) is 8.05. The topological polar surface area (TPSA) is 88.5 Å². The van der Waals surface area contributed by atoms with Gasteiger partial charge in [0.2, 0.25) is 17.7 Å². The zero-order chi connectivity index (χ0) is 33.1. The smallest absolute Gasteiger partial charge is 0.325 e. The van der Waals surface area contributed by atoms with Crippen molar-refractivity contribution < 1.29 is 27.6 Å². The number of imide groups is 1. The van der Waals surface area contributed by atoms with Gasteiger partial charge in [-0.1, -0.05) is 85.8 Å². The first-order chi connectivity index (χ1) is 21.6. The number of alkyl halides is 3. The second-order valence-corrected chi connectivity index (χ2v) is 14.7. The number of anilines is 2. The van der Waals surface area contributed by atoms with E-state index in [2.05, 4.69) is 26.1 Å². The van der Waals surface area contributed by atoms with Crippen molar-refractivity contribution in [2.45, 2.75) is 55.1 Å². The van der Waals surface area contributed by atoms with Crippen molar-refractivity contribution in [3.05, 3.63) is 109 Å². The van der Waals surface area contributed by atoms with Gasteiger partial charge in [-0.25, -0.2) is 4.90 Å². The van der Waals surface area contributed by atoms with Gasteiger partial charge in [-0.05, 0) is 59.0 Å².